The summed E-state index contributed by atoms with van der Waals surface area (Å²) in [7, 11) is -1.09. The van der Waals surface area contributed by atoms with Gasteiger partial charge < -0.3 is 10.2 Å². The van der Waals surface area contributed by atoms with E-state index in [4.69, 9.17) is 0 Å². The Hall–Kier alpha value is -1.27. The van der Waals surface area contributed by atoms with Gasteiger partial charge in [0.25, 0.3) is 0 Å². The van der Waals surface area contributed by atoms with Gasteiger partial charge in [-0.1, -0.05) is 6.07 Å². The maximum Gasteiger partial charge on any atom is 0.229 e. The van der Waals surface area contributed by atoms with E-state index < -0.39 is 10.0 Å². The molecule has 1 heterocycles. The highest BCUT2D eigenvalue weighted by atomic mass is 32.2. The summed E-state index contributed by atoms with van der Waals surface area (Å²) >= 11 is 0. The molecular formula is C13H21N3O2S. The number of rotatable bonds is 4. The molecule has 106 valence electrons. The molecule has 2 N–H and O–H groups in total. The van der Waals surface area contributed by atoms with E-state index in [-0.39, 0.29) is 0 Å². The molecule has 19 heavy (non-hydrogen) atoms. The summed E-state index contributed by atoms with van der Waals surface area (Å²) in [5.41, 5.74) is 1.56. The van der Waals surface area contributed by atoms with Crippen LogP contribution in [0.15, 0.2) is 24.3 Å². The normalized spacial score (nSPS) is 18.2. The van der Waals surface area contributed by atoms with Crippen LogP contribution in [-0.2, 0) is 10.0 Å². The van der Waals surface area contributed by atoms with Crippen molar-refractivity contribution in [1.29, 1.82) is 0 Å². The highest BCUT2D eigenvalue weighted by Gasteiger charge is 2.16. The van der Waals surface area contributed by atoms with Gasteiger partial charge in [0.15, 0.2) is 0 Å². The van der Waals surface area contributed by atoms with Gasteiger partial charge in [0.2, 0.25) is 10.0 Å². The van der Waals surface area contributed by atoms with Gasteiger partial charge in [0.05, 0.1) is 11.9 Å². The lowest BCUT2D eigenvalue weighted by atomic mass is 10.1. The number of likely N-dealkylation sites (tertiary alicyclic amines) is 1. The van der Waals surface area contributed by atoms with Gasteiger partial charge in [0, 0.05) is 11.7 Å². The van der Waals surface area contributed by atoms with Crippen LogP contribution in [0.4, 0.5) is 11.4 Å². The molecule has 5 nitrogen and oxygen atoms in total. The van der Waals surface area contributed by atoms with Crippen LogP contribution in [0.3, 0.4) is 0 Å². The van der Waals surface area contributed by atoms with Crippen LogP contribution in [-0.4, -0.2) is 45.8 Å². The second kappa shape index (κ2) is 5.79. The molecule has 1 aliphatic heterocycles. The Morgan fingerprint density at radius 3 is 2.47 bits per heavy atom. The highest BCUT2D eigenvalue weighted by Crippen LogP contribution is 2.19. The number of hydrogen-bond donors (Lipinski definition) is 2. The molecule has 0 saturated carbocycles. The Morgan fingerprint density at radius 2 is 1.84 bits per heavy atom. The Morgan fingerprint density at radius 1 is 1.21 bits per heavy atom. The third kappa shape index (κ3) is 4.72. The third-order valence-electron chi connectivity index (χ3n) is 3.26. The lowest BCUT2D eigenvalue weighted by Crippen LogP contribution is -2.36. The minimum atomic E-state index is -3.22. The van der Waals surface area contributed by atoms with Gasteiger partial charge >= 0.3 is 0 Å². The summed E-state index contributed by atoms with van der Waals surface area (Å²) in [5, 5.41) is 3.47. The minimum Gasteiger partial charge on any atom is -0.382 e. The molecule has 1 aliphatic rings. The van der Waals surface area contributed by atoms with Gasteiger partial charge in [-0.3, -0.25) is 4.72 Å². The monoisotopic (exact) mass is 283 g/mol. The first-order valence-electron chi connectivity index (χ1n) is 6.45. The molecule has 1 aromatic carbocycles. The summed E-state index contributed by atoms with van der Waals surface area (Å²) in [4.78, 5) is 2.32. The van der Waals surface area contributed by atoms with Crippen LogP contribution in [0, 0.1) is 0 Å². The molecule has 0 amide bonds. The lowest BCUT2D eigenvalue weighted by Gasteiger charge is -2.30. The Kier molecular flexibility index (Phi) is 4.31. The quantitative estimate of drug-likeness (QED) is 0.880. The molecule has 0 aromatic heterocycles. The average Bonchev–Trinajstić information content (AvgIpc) is 2.30. The van der Waals surface area contributed by atoms with Crippen LogP contribution >= 0.6 is 0 Å². The van der Waals surface area contributed by atoms with E-state index in [1.165, 1.54) is 0 Å². The van der Waals surface area contributed by atoms with Gasteiger partial charge in [-0.25, -0.2) is 8.42 Å². The molecule has 0 spiro atoms. The molecule has 1 saturated heterocycles. The Labute approximate surface area is 115 Å². The number of anilines is 2. The largest absolute Gasteiger partial charge is 0.382 e. The van der Waals surface area contributed by atoms with Crippen LogP contribution in [0.1, 0.15) is 12.8 Å². The third-order valence-corrected chi connectivity index (χ3v) is 3.86. The smallest absolute Gasteiger partial charge is 0.229 e. The fraction of sp³-hybridized carbons (Fsp3) is 0.538. The number of sulfonamides is 1. The molecule has 2 rings (SSSR count). The number of hydrogen-bond acceptors (Lipinski definition) is 4. The van der Waals surface area contributed by atoms with Gasteiger partial charge in [-0.2, -0.15) is 0 Å². The molecule has 1 aromatic rings. The van der Waals surface area contributed by atoms with Crippen molar-refractivity contribution in [2.45, 2.75) is 18.9 Å². The van der Waals surface area contributed by atoms with E-state index in [1.807, 2.05) is 18.2 Å². The SMILES string of the molecule is CN1CCC(Nc2cccc(NS(C)(=O)=O)c2)CC1. The van der Waals surface area contributed by atoms with Crippen LogP contribution in [0.25, 0.3) is 0 Å². The number of nitrogens with zero attached hydrogens (tertiary/aromatic N) is 1. The number of benzene rings is 1. The highest BCUT2D eigenvalue weighted by molar-refractivity contribution is 7.92. The molecule has 0 aliphatic carbocycles. The number of nitrogens with one attached hydrogen (secondary N) is 2. The van der Waals surface area contributed by atoms with E-state index >= 15 is 0 Å². The van der Waals surface area contributed by atoms with E-state index in [1.54, 1.807) is 6.07 Å². The topological polar surface area (TPSA) is 61.4 Å². The molecular weight excluding hydrogens is 262 g/mol. The van der Waals surface area contributed by atoms with Gasteiger partial charge in [-0.15, -0.1) is 0 Å². The Bertz CT molecular complexity index is 522. The summed E-state index contributed by atoms with van der Waals surface area (Å²) < 4.78 is 24.9. The first-order chi connectivity index (χ1) is 8.92. The van der Waals surface area contributed by atoms with Crippen molar-refractivity contribution in [2.24, 2.45) is 0 Å². The van der Waals surface area contributed by atoms with Crippen molar-refractivity contribution >= 4 is 21.4 Å². The zero-order valence-corrected chi connectivity index (χ0v) is 12.2. The summed E-state index contributed by atoms with van der Waals surface area (Å²) in [6.45, 7) is 2.19. The molecule has 0 unspecified atom stereocenters. The van der Waals surface area contributed by atoms with E-state index in [2.05, 4.69) is 22.0 Å². The predicted molar refractivity (Wildman–Crippen MR) is 79.1 cm³/mol. The van der Waals surface area contributed by atoms with Crippen LogP contribution in [0.2, 0.25) is 0 Å². The first kappa shape index (κ1) is 14.1. The van der Waals surface area contributed by atoms with E-state index in [0.29, 0.717) is 11.7 Å². The summed E-state index contributed by atoms with van der Waals surface area (Å²) in [5.74, 6) is 0. The second-order valence-corrected chi connectivity index (χ2v) is 6.93. The molecule has 0 atom stereocenters. The van der Waals surface area contributed by atoms with Crippen LogP contribution < -0.4 is 10.0 Å². The van der Waals surface area contributed by atoms with Crippen molar-refractivity contribution in [3.05, 3.63) is 24.3 Å². The minimum absolute atomic E-state index is 0.463. The molecule has 0 radical (unpaired) electrons. The summed E-state index contributed by atoms with van der Waals surface area (Å²) in [6, 6.07) is 7.86. The van der Waals surface area contributed by atoms with Crippen molar-refractivity contribution in [3.8, 4) is 0 Å². The van der Waals surface area contributed by atoms with Crippen molar-refractivity contribution in [3.63, 3.8) is 0 Å². The van der Waals surface area contributed by atoms with Crippen molar-refractivity contribution < 1.29 is 8.42 Å². The average molecular weight is 283 g/mol. The fourth-order valence-corrected chi connectivity index (χ4v) is 2.83. The zero-order valence-electron chi connectivity index (χ0n) is 11.4. The fourth-order valence-electron chi connectivity index (χ4n) is 2.28. The van der Waals surface area contributed by atoms with Gasteiger partial charge in [0.1, 0.15) is 0 Å². The molecule has 0 bridgehead atoms. The lowest BCUT2D eigenvalue weighted by molar-refractivity contribution is 0.264. The second-order valence-electron chi connectivity index (χ2n) is 5.18. The first-order valence-corrected chi connectivity index (χ1v) is 8.34. The maximum atomic E-state index is 11.2. The van der Waals surface area contributed by atoms with Crippen molar-refractivity contribution in [1.82, 2.24) is 4.90 Å². The molecule has 6 heteroatoms. The number of piperidine rings is 1. The standard InChI is InChI=1S/C13H21N3O2S/c1-16-8-6-11(7-9-16)14-12-4-3-5-13(10-12)15-19(2,17)18/h3-5,10-11,14-15H,6-9H2,1-2H3. The van der Waals surface area contributed by atoms with E-state index in [0.717, 1.165) is 37.9 Å². The van der Waals surface area contributed by atoms with Crippen molar-refractivity contribution in [2.75, 3.05) is 36.4 Å². The zero-order chi connectivity index (χ0) is 13.9. The summed E-state index contributed by atoms with van der Waals surface area (Å²) in [6.07, 6.45) is 3.38. The Balaban J connectivity index is 1.99. The van der Waals surface area contributed by atoms with Gasteiger partial charge in [-0.05, 0) is 51.2 Å². The van der Waals surface area contributed by atoms with Crippen LogP contribution in [0.5, 0.6) is 0 Å². The van der Waals surface area contributed by atoms with E-state index in [9.17, 15) is 8.42 Å². The predicted octanol–water partition coefficient (Wildman–Crippen LogP) is 1.56. The molecule has 1 fully saturated rings. The maximum absolute atomic E-state index is 11.2.